The second-order valence-corrected chi connectivity index (χ2v) is 3.57. The summed E-state index contributed by atoms with van der Waals surface area (Å²) in [7, 11) is 1.61. The summed E-state index contributed by atoms with van der Waals surface area (Å²) in [6, 6.07) is 8.84. The van der Waals surface area contributed by atoms with E-state index >= 15 is 0 Å². The molecule has 0 spiro atoms. The monoisotopic (exact) mass is 248 g/mol. The minimum atomic E-state index is -0.916. The van der Waals surface area contributed by atoms with Gasteiger partial charge in [0.1, 0.15) is 6.07 Å². The average Bonchev–Trinajstić information content (AvgIpc) is 2.39. The molecule has 18 heavy (non-hydrogen) atoms. The quantitative estimate of drug-likeness (QED) is 0.773. The van der Waals surface area contributed by atoms with Crippen LogP contribution in [0.2, 0.25) is 0 Å². The van der Waals surface area contributed by atoms with Gasteiger partial charge in [0.05, 0.1) is 6.61 Å². The van der Waals surface area contributed by atoms with E-state index in [1.165, 1.54) is 0 Å². The van der Waals surface area contributed by atoms with Crippen molar-refractivity contribution in [1.29, 1.82) is 5.26 Å². The van der Waals surface area contributed by atoms with Gasteiger partial charge in [0.2, 0.25) is 6.23 Å². The average molecular weight is 248 g/mol. The molecule has 0 bridgehead atoms. The SMILES string of the molecule is CCOC(C#N)NC(=O)c1ccc(COC)cc1. The Balaban J connectivity index is 2.64. The highest BCUT2D eigenvalue weighted by molar-refractivity contribution is 5.94. The van der Waals surface area contributed by atoms with Crippen LogP contribution in [0.5, 0.6) is 0 Å². The van der Waals surface area contributed by atoms with E-state index in [0.29, 0.717) is 18.8 Å². The van der Waals surface area contributed by atoms with Crippen LogP contribution in [0.25, 0.3) is 0 Å². The molecule has 5 nitrogen and oxygen atoms in total. The third-order valence-electron chi connectivity index (χ3n) is 2.24. The Hall–Kier alpha value is -1.90. The topological polar surface area (TPSA) is 71.3 Å². The molecule has 1 atom stereocenters. The van der Waals surface area contributed by atoms with Crippen LogP contribution >= 0.6 is 0 Å². The lowest BCUT2D eigenvalue weighted by atomic mass is 10.1. The third kappa shape index (κ3) is 4.17. The molecule has 0 saturated carbocycles. The van der Waals surface area contributed by atoms with Crippen LogP contribution < -0.4 is 5.32 Å². The van der Waals surface area contributed by atoms with Gasteiger partial charge in [0.25, 0.3) is 5.91 Å². The summed E-state index contributed by atoms with van der Waals surface area (Å²) in [5.41, 5.74) is 1.46. The highest BCUT2D eigenvalue weighted by Crippen LogP contribution is 2.05. The van der Waals surface area contributed by atoms with E-state index in [-0.39, 0.29) is 5.91 Å². The highest BCUT2D eigenvalue weighted by atomic mass is 16.5. The number of methoxy groups -OCH3 is 1. The Morgan fingerprint density at radius 1 is 1.44 bits per heavy atom. The fraction of sp³-hybridized carbons (Fsp3) is 0.385. The summed E-state index contributed by atoms with van der Waals surface area (Å²) in [5, 5.41) is 11.2. The molecule has 0 aliphatic heterocycles. The first-order chi connectivity index (χ1) is 8.71. The van der Waals surface area contributed by atoms with Crippen molar-refractivity contribution in [2.24, 2.45) is 0 Å². The molecule has 1 aromatic carbocycles. The van der Waals surface area contributed by atoms with Gasteiger partial charge in [-0.2, -0.15) is 5.26 Å². The number of benzene rings is 1. The van der Waals surface area contributed by atoms with Crippen molar-refractivity contribution in [3.05, 3.63) is 35.4 Å². The van der Waals surface area contributed by atoms with E-state index in [9.17, 15) is 4.79 Å². The van der Waals surface area contributed by atoms with Crippen LogP contribution in [-0.2, 0) is 16.1 Å². The smallest absolute Gasteiger partial charge is 0.254 e. The Morgan fingerprint density at radius 2 is 2.11 bits per heavy atom. The van der Waals surface area contributed by atoms with Crippen LogP contribution in [0.4, 0.5) is 0 Å². The summed E-state index contributed by atoms with van der Waals surface area (Å²) >= 11 is 0. The van der Waals surface area contributed by atoms with Crippen molar-refractivity contribution in [1.82, 2.24) is 5.32 Å². The summed E-state index contributed by atoms with van der Waals surface area (Å²) < 4.78 is 10.0. The van der Waals surface area contributed by atoms with Crippen LogP contribution in [0.3, 0.4) is 0 Å². The summed E-state index contributed by atoms with van der Waals surface area (Å²) in [6.07, 6.45) is -0.916. The normalized spacial score (nSPS) is 11.6. The summed E-state index contributed by atoms with van der Waals surface area (Å²) in [5.74, 6) is -0.334. The molecule has 5 heteroatoms. The lowest BCUT2D eigenvalue weighted by molar-refractivity contribution is 0.0615. The first-order valence-electron chi connectivity index (χ1n) is 5.61. The van der Waals surface area contributed by atoms with Crippen LogP contribution in [0.15, 0.2) is 24.3 Å². The zero-order chi connectivity index (χ0) is 13.4. The van der Waals surface area contributed by atoms with Gasteiger partial charge in [0.15, 0.2) is 0 Å². The number of rotatable bonds is 6. The Kier molecular flexibility index (Phi) is 5.85. The van der Waals surface area contributed by atoms with Gasteiger partial charge in [-0.25, -0.2) is 0 Å². The Bertz CT molecular complexity index is 423. The number of hydrogen-bond acceptors (Lipinski definition) is 4. The number of hydrogen-bond donors (Lipinski definition) is 1. The van der Waals surface area contributed by atoms with E-state index in [2.05, 4.69) is 5.32 Å². The molecule has 96 valence electrons. The summed E-state index contributed by atoms with van der Waals surface area (Å²) in [4.78, 5) is 11.8. The maximum atomic E-state index is 11.8. The second kappa shape index (κ2) is 7.43. The molecular weight excluding hydrogens is 232 g/mol. The molecule has 0 radical (unpaired) electrons. The maximum Gasteiger partial charge on any atom is 0.254 e. The van der Waals surface area contributed by atoms with Gasteiger partial charge < -0.3 is 14.8 Å². The van der Waals surface area contributed by atoms with E-state index in [1.54, 1.807) is 38.3 Å². The van der Waals surface area contributed by atoms with E-state index in [1.807, 2.05) is 6.07 Å². The van der Waals surface area contributed by atoms with Gasteiger partial charge in [-0.1, -0.05) is 12.1 Å². The minimum absolute atomic E-state index is 0.334. The van der Waals surface area contributed by atoms with E-state index in [0.717, 1.165) is 5.56 Å². The molecule has 0 aliphatic carbocycles. The van der Waals surface area contributed by atoms with Crippen LogP contribution in [0.1, 0.15) is 22.8 Å². The highest BCUT2D eigenvalue weighted by Gasteiger charge is 2.12. The molecule has 1 amide bonds. The molecule has 1 unspecified atom stereocenters. The van der Waals surface area contributed by atoms with Crippen molar-refractivity contribution in [2.75, 3.05) is 13.7 Å². The first kappa shape index (κ1) is 14.2. The zero-order valence-corrected chi connectivity index (χ0v) is 10.5. The van der Waals surface area contributed by atoms with Crippen molar-refractivity contribution >= 4 is 5.91 Å². The molecule has 1 N–H and O–H groups in total. The van der Waals surface area contributed by atoms with Gasteiger partial charge in [-0.05, 0) is 24.6 Å². The molecule has 1 aromatic rings. The fourth-order valence-corrected chi connectivity index (χ4v) is 1.40. The van der Waals surface area contributed by atoms with Crippen molar-refractivity contribution < 1.29 is 14.3 Å². The van der Waals surface area contributed by atoms with Crippen molar-refractivity contribution in [3.63, 3.8) is 0 Å². The van der Waals surface area contributed by atoms with E-state index in [4.69, 9.17) is 14.7 Å². The van der Waals surface area contributed by atoms with E-state index < -0.39 is 6.23 Å². The third-order valence-corrected chi connectivity index (χ3v) is 2.24. The first-order valence-corrected chi connectivity index (χ1v) is 5.61. The van der Waals surface area contributed by atoms with Gasteiger partial charge in [-0.15, -0.1) is 0 Å². The van der Waals surface area contributed by atoms with Crippen molar-refractivity contribution in [3.8, 4) is 6.07 Å². The molecule has 1 rings (SSSR count). The second-order valence-electron chi connectivity index (χ2n) is 3.57. The molecule has 0 saturated heterocycles. The van der Waals surface area contributed by atoms with Gasteiger partial charge in [0, 0.05) is 19.3 Å². The van der Waals surface area contributed by atoms with Gasteiger partial charge in [-0.3, -0.25) is 4.79 Å². The van der Waals surface area contributed by atoms with Crippen LogP contribution in [0, 0.1) is 11.3 Å². The Labute approximate surface area is 106 Å². The molecular formula is C13H16N2O3. The van der Waals surface area contributed by atoms with Crippen molar-refractivity contribution in [2.45, 2.75) is 19.8 Å². The molecule has 0 aromatic heterocycles. The number of ether oxygens (including phenoxy) is 2. The predicted octanol–water partition coefficient (Wildman–Crippen LogP) is 1.45. The predicted molar refractivity (Wildman–Crippen MR) is 65.6 cm³/mol. The number of amides is 1. The molecule has 0 aliphatic rings. The minimum Gasteiger partial charge on any atom is -0.380 e. The number of nitrogens with one attached hydrogen (secondary N) is 1. The summed E-state index contributed by atoms with van der Waals surface area (Å²) in [6.45, 7) is 2.63. The molecule has 0 heterocycles. The molecule has 0 fully saturated rings. The van der Waals surface area contributed by atoms with Gasteiger partial charge >= 0.3 is 0 Å². The number of carbonyl (C=O) groups excluding carboxylic acids is 1. The standard InChI is InChI=1S/C13H16N2O3/c1-3-18-12(8-14)15-13(16)11-6-4-10(5-7-11)9-17-2/h4-7,12H,3,9H2,1-2H3,(H,15,16). The number of nitriles is 1. The zero-order valence-electron chi connectivity index (χ0n) is 10.5. The number of carbonyl (C=O) groups is 1. The van der Waals surface area contributed by atoms with Crippen LogP contribution in [-0.4, -0.2) is 25.9 Å². The largest absolute Gasteiger partial charge is 0.380 e. The lowest BCUT2D eigenvalue weighted by Gasteiger charge is -2.11. The Morgan fingerprint density at radius 3 is 2.61 bits per heavy atom. The lowest BCUT2D eigenvalue weighted by Crippen LogP contribution is -2.35. The number of nitrogens with zero attached hydrogens (tertiary/aromatic N) is 1. The fourth-order valence-electron chi connectivity index (χ4n) is 1.40. The maximum absolute atomic E-state index is 11.8.